The normalized spacial score (nSPS) is 13.1. The Morgan fingerprint density at radius 2 is 1.36 bits per heavy atom. The summed E-state index contributed by atoms with van der Waals surface area (Å²) in [5, 5.41) is 3.43. The quantitative estimate of drug-likeness (QED) is 0.293. The molecule has 4 heterocycles. The number of fused-ring (bicyclic) bond motifs is 7. The second-order valence-corrected chi connectivity index (χ2v) is 8.53. The van der Waals surface area contributed by atoms with E-state index in [1.165, 1.54) is 33.3 Å². The SMILES string of the molecule is Cn1c(-c2ccccc2)c(C2=Nc3c(c4cccnc4c4ncccc34)C2)c2ccccc21. The van der Waals surface area contributed by atoms with E-state index in [1.54, 1.807) is 0 Å². The van der Waals surface area contributed by atoms with Gasteiger partial charge in [-0.3, -0.25) is 15.0 Å². The number of benzene rings is 3. The van der Waals surface area contributed by atoms with Crippen molar-refractivity contribution < 1.29 is 0 Å². The summed E-state index contributed by atoms with van der Waals surface area (Å²) < 4.78 is 2.30. The van der Waals surface area contributed by atoms with Gasteiger partial charge in [-0.15, -0.1) is 0 Å². The molecule has 1 aliphatic rings. The first kappa shape index (κ1) is 18.3. The van der Waals surface area contributed by atoms with E-state index < -0.39 is 0 Å². The van der Waals surface area contributed by atoms with Crippen LogP contribution in [-0.4, -0.2) is 20.2 Å². The summed E-state index contributed by atoms with van der Waals surface area (Å²) in [6, 6.07) is 27.5. The molecule has 4 nitrogen and oxygen atoms in total. The first-order valence-electron chi connectivity index (χ1n) is 11.2. The maximum absolute atomic E-state index is 5.29. The lowest BCUT2D eigenvalue weighted by atomic mass is 9.95. The first-order chi connectivity index (χ1) is 16.3. The second-order valence-electron chi connectivity index (χ2n) is 8.53. The van der Waals surface area contributed by atoms with Crippen LogP contribution >= 0.6 is 0 Å². The van der Waals surface area contributed by atoms with Gasteiger partial charge in [0.05, 0.1) is 28.1 Å². The van der Waals surface area contributed by atoms with Crippen LogP contribution in [0, 0.1) is 0 Å². The minimum Gasteiger partial charge on any atom is -0.343 e. The van der Waals surface area contributed by atoms with Crippen LogP contribution in [0.2, 0.25) is 0 Å². The lowest BCUT2D eigenvalue weighted by Crippen LogP contribution is -2.04. The minimum absolute atomic E-state index is 0.774. The molecule has 1 aliphatic heterocycles. The monoisotopic (exact) mass is 424 g/mol. The van der Waals surface area contributed by atoms with Crippen molar-refractivity contribution in [1.29, 1.82) is 0 Å². The summed E-state index contributed by atoms with van der Waals surface area (Å²) in [4.78, 5) is 14.6. The molecule has 0 fully saturated rings. The lowest BCUT2D eigenvalue weighted by molar-refractivity contribution is 0.977. The molecule has 33 heavy (non-hydrogen) atoms. The van der Waals surface area contributed by atoms with Gasteiger partial charge < -0.3 is 4.57 Å². The molecule has 0 atom stereocenters. The third kappa shape index (κ3) is 2.55. The summed E-state index contributed by atoms with van der Waals surface area (Å²) in [5.74, 6) is 0. The molecule has 0 spiro atoms. The van der Waals surface area contributed by atoms with Crippen molar-refractivity contribution in [3.8, 4) is 11.3 Å². The lowest BCUT2D eigenvalue weighted by Gasteiger charge is -2.09. The van der Waals surface area contributed by atoms with E-state index in [2.05, 4.69) is 88.3 Å². The molecule has 3 aromatic heterocycles. The minimum atomic E-state index is 0.774. The molecule has 0 amide bonds. The van der Waals surface area contributed by atoms with Gasteiger partial charge in [-0.2, -0.15) is 0 Å². The van der Waals surface area contributed by atoms with Gasteiger partial charge in [0.25, 0.3) is 0 Å². The summed E-state index contributed by atoms with van der Waals surface area (Å²) in [6.07, 6.45) is 4.45. The molecule has 0 saturated heterocycles. The number of aromatic nitrogens is 3. The highest BCUT2D eigenvalue weighted by Gasteiger charge is 2.27. The maximum Gasteiger partial charge on any atom is 0.0986 e. The van der Waals surface area contributed by atoms with Gasteiger partial charge in [0.15, 0.2) is 0 Å². The fourth-order valence-electron chi connectivity index (χ4n) is 5.32. The Labute approximate surface area is 190 Å². The number of rotatable bonds is 2. The van der Waals surface area contributed by atoms with Gasteiger partial charge in [-0.05, 0) is 35.4 Å². The topological polar surface area (TPSA) is 43.1 Å². The molecule has 3 aromatic carbocycles. The molecule has 6 aromatic rings. The molecule has 0 N–H and O–H groups in total. The largest absolute Gasteiger partial charge is 0.343 e. The van der Waals surface area contributed by atoms with Crippen LogP contribution in [0.15, 0.2) is 96.2 Å². The van der Waals surface area contributed by atoms with Crippen LogP contribution < -0.4 is 0 Å². The molecule has 0 aliphatic carbocycles. The number of para-hydroxylation sites is 1. The van der Waals surface area contributed by atoms with Crippen LogP contribution in [0.4, 0.5) is 5.69 Å². The summed E-state index contributed by atoms with van der Waals surface area (Å²) in [5.41, 5.74) is 10.1. The van der Waals surface area contributed by atoms with Crippen molar-refractivity contribution in [2.24, 2.45) is 12.0 Å². The number of hydrogen-bond donors (Lipinski definition) is 0. The Morgan fingerprint density at radius 1 is 0.697 bits per heavy atom. The second kappa shape index (κ2) is 6.84. The number of aliphatic imine (C=N–C) groups is 1. The first-order valence-corrected chi connectivity index (χ1v) is 11.2. The Balaban J connectivity index is 1.56. The van der Waals surface area contributed by atoms with E-state index in [0.717, 1.165) is 39.6 Å². The molecule has 4 heteroatoms. The van der Waals surface area contributed by atoms with Crippen LogP contribution in [-0.2, 0) is 13.5 Å². The van der Waals surface area contributed by atoms with E-state index in [-0.39, 0.29) is 0 Å². The third-order valence-corrected chi connectivity index (χ3v) is 6.74. The van der Waals surface area contributed by atoms with Crippen molar-refractivity contribution in [2.45, 2.75) is 6.42 Å². The van der Waals surface area contributed by atoms with Crippen LogP contribution in [0.3, 0.4) is 0 Å². The zero-order chi connectivity index (χ0) is 21.9. The van der Waals surface area contributed by atoms with Crippen molar-refractivity contribution in [3.05, 3.63) is 102 Å². The van der Waals surface area contributed by atoms with E-state index >= 15 is 0 Å². The van der Waals surface area contributed by atoms with Crippen molar-refractivity contribution in [1.82, 2.24) is 14.5 Å². The van der Waals surface area contributed by atoms with Gasteiger partial charge in [0.2, 0.25) is 0 Å². The Morgan fingerprint density at radius 3 is 2.18 bits per heavy atom. The summed E-state index contributed by atoms with van der Waals surface area (Å²) in [6.45, 7) is 0. The Bertz CT molecular complexity index is 1740. The number of nitrogens with zero attached hydrogens (tertiary/aromatic N) is 4. The maximum atomic E-state index is 5.29. The van der Waals surface area contributed by atoms with Gasteiger partial charge in [-0.1, -0.05) is 54.6 Å². The predicted molar refractivity (Wildman–Crippen MR) is 135 cm³/mol. The number of hydrogen-bond acceptors (Lipinski definition) is 3. The predicted octanol–water partition coefficient (Wildman–Crippen LogP) is 6.62. The highest BCUT2D eigenvalue weighted by molar-refractivity contribution is 6.23. The van der Waals surface area contributed by atoms with E-state index in [4.69, 9.17) is 4.99 Å². The molecule has 0 radical (unpaired) electrons. The van der Waals surface area contributed by atoms with Crippen LogP contribution in [0.5, 0.6) is 0 Å². The highest BCUT2D eigenvalue weighted by atomic mass is 15.0. The fraction of sp³-hybridized carbons (Fsp3) is 0.0690. The van der Waals surface area contributed by atoms with Crippen molar-refractivity contribution in [2.75, 3.05) is 0 Å². The average Bonchev–Trinajstić information content (AvgIpc) is 3.45. The molecule has 0 unspecified atom stereocenters. The van der Waals surface area contributed by atoms with Gasteiger partial charge in [0.1, 0.15) is 0 Å². The molecule has 0 saturated carbocycles. The van der Waals surface area contributed by atoms with Gasteiger partial charge in [0, 0.05) is 53.1 Å². The summed E-state index contributed by atoms with van der Waals surface area (Å²) >= 11 is 0. The Kier molecular flexibility index (Phi) is 3.79. The molecular weight excluding hydrogens is 404 g/mol. The average molecular weight is 425 g/mol. The standard InChI is InChI=1S/C29H20N4/c1-33-24-14-6-5-11-20(24)25(29(33)18-9-3-2-4-10-18)23-17-22-19-12-7-15-30-27(19)28-21(26(22)32-23)13-8-16-31-28/h2-16H,17H2,1H3. The molecule has 156 valence electrons. The Hall–Kier alpha value is -4.31. The van der Waals surface area contributed by atoms with Crippen molar-refractivity contribution >= 4 is 44.1 Å². The molecule has 7 rings (SSSR count). The van der Waals surface area contributed by atoms with Crippen LogP contribution in [0.1, 0.15) is 11.1 Å². The van der Waals surface area contributed by atoms with Gasteiger partial charge >= 0.3 is 0 Å². The summed E-state index contributed by atoms with van der Waals surface area (Å²) in [7, 11) is 2.15. The van der Waals surface area contributed by atoms with E-state index in [0.29, 0.717) is 0 Å². The van der Waals surface area contributed by atoms with E-state index in [9.17, 15) is 0 Å². The number of aryl methyl sites for hydroxylation is 1. The molecular formula is C29H20N4. The van der Waals surface area contributed by atoms with E-state index in [1.807, 2.05) is 24.5 Å². The number of pyridine rings is 2. The van der Waals surface area contributed by atoms with Crippen LogP contribution in [0.25, 0.3) is 44.0 Å². The zero-order valence-electron chi connectivity index (χ0n) is 18.2. The smallest absolute Gasteiger partial charge is 0.0986 e. The molecule has 0 bridgehead atoms. The highest BCUT2D eigenvalue weighted by Crippen LogP contribution is 2.43. The van der Waals surface area contributed by atoms with Crippen molar-refractivity contribution in [3.63, 3.8) is 0 Å². The third-order valence-electron chi connectivity index (χ3n) is 6.74. The fourth-order valence-corrected chi connectivity index (χ4v) is 5.32. The van der Waals surface area contributed by atoms with Gasteiger partial charge in [-0.25, -0.2) is 0 Å². The zero-order valence-corrected chi connectivity index (χ0v) is 18.2.